The first kappa shape index (κ1) is 18.3. The van der Waals surface area contributed by atoms with Crippen LogP contribution < -0.4 is 15.0 Å². The molecule has 138 valence electrons. The molecule has 0 saturated carbocycles. The van der Waals surface area contributed by atoms with Crippen LogP contribution in [0.2, 0.25) is 0 Å². The van der Waals surface area contributed by atoms with E-state index < -0.39 is 0 Å². The number of rotatable bonds is 7. The largest absolute Gasteiger partial charge is 0.497 e. The first-order valence-electron chi connectivity index (χ1n) is 9.47. The number of para-hydroxylation sites is 1. The van der Waals surface area contributed by atoms with Crippen LogP contribution in [0, 0.1) is 0 Å². The Kier molecular flexibility index (Phi) is 6.16. The lowest BCUT2D eigenvalue weighted by molar-refractivity contribution is -0.121. The zero-order valence-electron chi connectivity index (χ0n) is 15.7. The molecule has 2 aromatic rings. The molecule has 4 nitrogen and oxygen atoms in total. The maximum absolute atomic E-state index is 12.5. The molecule has 1 aliphatic rings. The lowest BCUT2D eigenvalue weighted by atomic mass is 10.0. The number of nitrogens with one attached hydrogen (secondary N) is 1. The van der Waals surface area contributed by atoms with E-state index in [1.807, 2.05) is 24.3 Å². The molecule has 0 radical (unpaired) electrons. The number of hydrogen-bond donors (Lipinski definition) is 1. The fraction of sp³-hybridized carbons (Fsp3) is 0.409. The molecule has 1 amide bonds. The van der Waals surface area contributed by atoms with Crippen molar-refractivity contribution in [3.63, 3.8) is 0 Å². The van der Waals surface area contributed by atoms with Gasteiger partial charge in [-0.1, -0.05) is 37.3 Å². The van der Waals surface area contributed by atoms with Crippen LogP contribution in [0.4, 0.5) is 5.69 Å². The molecular formula is C22H28N2O2. The molecular weight excluding hydrogens is 324 g/mol. The Labute approximate surface area is 156 Å². The fourth-order valence-electron chi connectivity index (χ4n) is 3.60. The van der Waals surface area contributed by atoms with Gasteiger partial charge in [0.25, 0.3) is 0 Å². The van der Waals surface area contributed by atoms with E-state index in [1.54, 1.807) is 7.11 Å². The predicted molar refractivity (Wildman–Crippen MR) is 106 cm³/mol. The lowest BCUT2D eigenvalue weighted by Crippen LogP contribution is -2.35. The Morgan fingerprint density at radius 1 is 1.19 bits per heavy atom. The zero-order valence-corrected chi connectivity index (χ0v) is 15.7. The number of hydrogen-bond acceptors (Lipinski definition) is 3. The second-order valence-corrected chi connectivity index (χ2v) is 6.77. The number of aryl methyl sites for hydroxylation is 1. The van der Waals surface area contributed by atoms with E-state index in [1.165, 1.54) is 11.3 Å². The number of anilines is 1. The smallest absolute Gasteiger partial charge is 0.222 e. The topological polar surface area (TPSA) is 41.6 Å². The Morgan fingerprint density at radius 3 is 2.69 bits per heavy atom. The van der Waals surface area contributed by atoms with Crippen molar-refractivity contribution in [1.29, 1.82) is 0 Å². The van der Waals surface area contributed by atoms with Crippen molar-refractivity contribution in [2.75, 3.05) is 25.1 Å². The van der Waals surface area contributed by atoms with Gasteiger partial charge in [-0.2, -0.15) is 0 Å². The maximum Gasteiger partial charge on any atom is 0.222 e. The molecule has 3 rings (SSSR count). The molecule has 26 heavy (non-hydrogen) atoms. The summed E-state index contributed by atoms with van der Waals surface area (Å²) < 4.78 is 5.21. The van der Waals surface area contributed by atoms with Crippen LogP contribution in [0.5, 0.6) is 5.75 Å². The monoisotopic (exact) mass is 352 g/mol. The van der Waals surface area contributed by atoms with Gasteiger partial charge in [0.1, 0.15) is 5.75 Å². The van der Waals surface area contributed by atoms with Crippen LogP contribution in [-0.2, 0) is 11.2 Å². The molecule has 0 bridgehead atoms. The molecule has 0 spiro atoms. The average Bonchev–Trinajstić information content (AvgIpc) is 2.70. The van der Waals surface area contributed by atoms with Gasteiger partial charge >= 0.3 is 0 Å². The number of fused-ring (bicyclic) bond motifs is 1. The number of nitrogens with zero attached hydrogens (tertiary/aromatic N) is 1. The second-order valence-electron chi connectivity index (χ2n) is 6.77. The zero-order chi connectivity index (χ0) is 18.4. The summed E-state index contributed by atoms with van der Waals surface area (Å²) in [6.45, 7) is 3.89. The maximum atomic E-state index is 12.5. The number of benzene rings is 2. The van der Waals surface area contributed by atoms with Crippen molar-refractivity contribution in [2.45, 2.75) is 38.6 Å². The second kappa shape index (κ2) is 8.75. The van der Waals surface area contributed by atoms with Crippen LogP contribution in [0.3, 0.4) is 0 Å². The fourth-order valence-corrected chi connectivity index (χ4v) is 3.60. The first-order chi connectivity index (χ1) is 12.7. The van der Waals surface area contributed by atoms with Gasteiger partial charge in [-0.15, -0.1) is 0 Å². The van der Waals surface area contributed by atoms with Crippen molar-refractivity contribution in [3.05, 3.63) is 59.7 Å². The van der Waals surface area contributed by atoms with Gasteiger partial charge in [-0.25, -0.2) is 0 Å². The minimum atomic E-state index is 0.0436. The summed E-state index contributed by atoms with van der Waals surface area (Å²) in [7, 11) is 1.66. The van der Waals surface area contributed by atoms with E-state index in [-0.39, 0.29) is 11.9 Å². The van der Waals surface area contributed by atoms with E-state index in [9.17, 15) is 4.79 Å². The van der Waals surface area contributed by atoms with Gasteiger partial charge in [0.05, 0.1) is 13.2 Å². The summed E-state index contributed by atoms with van der Waals surface area (Å²) >= 11 is 0. The summed E-state index contributed by atoms with van der Waals surface area (Å²) in [6.07, 6.45) is 3.67. The molecule has 0 aliphatic carbocycles. The van der Waals surface area contributed by atoms with Crippen LogP contribution in [0.1, 0.15) is 43.4 Å². The molecule has 1 atom stereocenters. The molecule has 1 N–H and O–H groups in total. The normalized spacial score (nSPS) is 14.5. The Morgan fingerprint density at radius 2 is 1.96 bits per heavy atom. The molecule has 1 unspecified atom stereocenters. The van der Waals surface area contributed by atoms with Crippen LogP contribution >= 0.6 is 0 Å². The van der Waals surface area contributed by atoms with Crippen molar-refractivity contribution in [1.82, 2.24) is 5.32 Å². The highest BCUT2D eigenvalue weighted by Crippen LogP contribution is 2.26. The Bertz CT molecular complexity index is 727. The van der Waals surface area contributed by atoms with Gasteiger partial charge in [0.15, 0.2) is 0 Å². The van der Waals surface area contributed by atoms with Gasteiger partial charge in [-0.3, -0.25) is 4.79 Å². The standard InChI is InChI=1S/C22H28N2O2/c1-3-20(17-10-12-19(26-2)13-11-17)23-22(25)14-16-24-15-6-8-18-7-4-5-9-21(18)24/h4-5,7,9-13,20H,3,6,8,14-16H2,1-2H3,(H,23,25). The van der Waals surface area contributed by atoms with Crippen LogP contribution in [0.15, 0.2) is 48.5 Å². The molecule has 1 aliphatic heterocycles. The minimum absolute atomic E-state index is 0.0436. The lowest BCUT2D eigenvalue weighted by Gasteiger charge is -2.31. The summed E-state index contributed by atoms with van der Waals surface area (Å²) in [6, 6.07) is 16.5. The van der Waals surface area contributed by atoms with Crippen molar-refractivity contribution in [2.24, 2.45) is 0 Å². The number of methoxy groups -OCH3 is 1. The van der Waals surface area contributed by atoms with Crippen molar-refractivity contribution in [3.8, 4) is 5.75 Å². The quantitative estimate of drug-likeness (QED) is 0.815. The molecule has 0 saturated heterocycles. The van der Waals surface area contributed by atoms with Gasteiger partial charge in [0, 0.05) is 25.2 Å². The van der Waals surface area contributed by atoms with Crippen LogP contribution in [-0.4, -0.2) is 26.1 Å². The van der Waals surface area contributed by atoms with E-state index in [0.29, 0.717) is 6.42 Å². The number of amides is 1. The van der Waals surface area contributed by atoms with E-state index in [4.69, 9.17) is 4.74 Å². The molecule has 1 heterocycles. The summed E-state index contributed by atoms with van der Waals surface area (Å²) in [5.41, 5.74) is 3.79. The van der Waals surface area contributed by atoms with Crippen molar-refractivity contribution < 1.29 is 9.53 Å². The summed E-state index contributed by atoms with van der Waals surface area (Å²) in [4.78, 5) is 14.8. The van der Waals surface area contributed by atoms with Gasteiger partial charge in [0.2, 0.25) is 5.91 Å². The average molecular weight is 352 g/mol. The predicted octanol–water partition coefficient (Wildman–Crippen LogP) is 4.11. The highest BCUT2D eigenvalue weighted by molar-refractivity contribution is 5.77. The van der Waals surface area contributed by atoms with Crippen molar-refractivity contribution >= 4 is 11.6 Å². The molecule has 4 heteroatoms. The third kappa shape index (κ3) is 4.37. The number of carbonyl (C=O) groups excluding carboxylic acids is 1. The third-order valence-corrected chi connectivity index (χ3v) is 5.08. The third-order valence-electron chi connectivity index (χ3n) is 5.08. The van der Waals surface area contributed by atoms with Gasteiger partial charge in [-0.05, 0) is 48.6 Å². The van der Waals surface area contributed by atoms with E-state index in [2.05, 4.69) is 41.4 Å². The van der Waals surface area contributed by atoms with Crippen LogP contribution in [0.25, 0.3) is 0 Å². The first-order valence-corrected chi connectivity index (χ1v) is 9.47. The van der Waals surface area contributed by atoms with E-state index in [0.717, 1.165) is 43.7 Å². The summed E-state index contributed by atoms with van der Waals surface area (Å²) in [5, 5.41) is 3.18. The van der Waals surface area contributed by atoms with E-state index >= 15 is 0 Å². The molecule has 0 fully saturated rings. The highest BCUT2D eigenvalue weighted by atomic mass is 16.5. The molecule has 2 aromatic carbocycles. The van der Waals surface area contributed by atoms with Gasteiger partial charge < -0.3 is 15.0 Å². The highest BCUT2D eigenvalue weighted by Gasteiger charge is 2.18. The number of ether oxygens (including phenoxy) is 1. The minimum Gasteiger partial charge on any atom is -0.497 e. The Hall–Kier alpha value is -2.49. The Balaban J connectivity index is 1.56. The summed E-state index contributed by atoms with van der Waals surface area (Å²) in [5.74, 6) is 0.939. The SMILES string of the molecule is CCC(NC(=O)CCN1CCCc2ccccc21)c1ccc(OC)cc1. The number of carbonyl (C=O) groups is 1. The molecule has 0 aromatic heterocycles.